The average Bonchev–Trinajstić information content (AvgIpc) is 2.81. The SMILES string of the molecule is CB(O)N1CCC2(CCc3nn(C)cc32)CC1. The fraction of sp³-hybridized carbons (Fsp3) is 0.750. The molecule has 4 nitrogen and oxygen atoms in total. The van der Waals surface area contributed by atoms with Crippen LogP contribution in [-0.4, -0.2) is 39.8 Å². The lowest BCUT2D eigenvalue weighted by molar-refractivity contribution is 0.214. The molecule has 3 rings (SSSR count). The van der Waals surface area contributed by atoms with Crippen molar-refractivity contribution in [3.8, 4) is 0 Å². The van der Waals surface area contributed by atoms with Crippen LogP contribution in [0.3, 0.4) is 0 Å². The van der Waals surface area contributed by atoms with Crippen molar-refractivity contribution >= 4 is 7.05 Å². The van der Waals surface area contributed by atoms with Crippen molar-refractivity contribution in [2.24, 2.45) is 7.05 Å². The summed E-state index contributed by atoms with van der Waals surface area (Å²) < 4.78 is 1.95. The number of rotatable bonds is 1. The van der Waals surface area contributed by atoms with E-state index in [4.69, 9.17) is 0 Å². The number of nitrogens with zero attached hydrogens (tertiary/aromatic N) is 3. The van der Waals surface area contributed by atoms with Crippen LogP contribution in [0, 0.1) is 0 Å². The molecular formula is C12H20BN3O. The highest BCUT2D eigenvalue weighted by atomic mass is 16.2. The van der Waals surface area contributed by atoms with Crippen LogP contribution in [0.5, 0.6) is 0 Å². The van der Waals surface area contributed by atoms with Gasteiger partial charge in [0.05, 0.1) is 5.69 Å². The monoisotopic (exact) mass is 233 g/mol. The first-order chi connectivity index (χ1) is 8.11. The van der Waals surface area contributed by atoms with E-state index >= 15 is 0 Å². The van der Waals surface area contributed by atoms with E-state index in [2.05, 4.69) is 16.1 Å². The van der Waals surface area contributed by atoms with Gasteiger partial charge in [-0.3, -0.25) is 4.68 Å². The average molecular weight is 233 g/mol. The molecule has 0 radical (unpaired) electrons. The maximum absolute atomic E-state index is 9.62. The van der Waals surface area contributed by atoms with Crippen LogP contribution in [-0.2, 0) is 18.9 Å². The maximum Gasteiger partial charge on any atom is 0.376 e. The molecule has 0 atom stereocenters. The molecule has 0 bridgehead atoms. The van der Waals surface area contributed by atoms with E-state index < -0.39 is 0 Å². The van der Waals surface area contributed by atoms with Gasteiger partial charge in [0.1, 0.15) is 0 Å². The molecule has 1 aromatic heterocycles. The van der Waals surface area contributed by atoms with Crippen LogP contribution in [0.25, 0.3) is 0 Å². The lowest BCUT2D eigenvalue weighted by Crippen LogP contribution is -2.47. The smallest absolute Gasteiger partial charge is 0.376 e. The van der Waals surface area contributed by atoms with Crippen LogP contribution in [0.2, 0.25) is 6.82 Å². The first-order valence-electron chi connectivity index (χ1n) is 6.56. The summed E-state index contributed by atoms with van der Waals surface area (Å²) in [5.74, 6) is 0. The quantitative estimate of drug-likeness (QED) is 0.730. The largest absolute Gasteiger partial charge is 0.437 e. The normalized spacial score (nSPS) is 23.0. The first kappa shape index (κ1) is 11.3. The van der Waals surface area contributed by atoms with Crippen molar-refractivity contribution < 1.29 is 5.02 Å². The Balaban J connectivity index is 1.82. The minimum absolute atomic E-state index is 0.304. The van der Waals surface area contributed by atoms with Crippen molar-refractivity contribution in [3.63, 3.8) is 0 Å². The summed E-state index contributed by atoms with van der Waals surface area (Å²) in [7, 11) is 1.71. The third-order valence-corrected chi connectivity index (χ3v) is 4.60. The van der Waals surface area contributed by atoms with Crippen molar-refractivity contribution in [1.82, 2.24) is 14.6 Å². The van der Waals surface area contributed by atoms with Crippen LogP contribution in [0.1, 0.15) is 30.5 Å². The molecule has 1 spiro atoms. The van der Waals surface area contributed by atoms with Gasteiger partial charge in [-0.2, -0.15) is 5.10 Å². The Morgan fingerprint density at radius 3 is 2.71 bits per heavy atom. The molecule has 0 saturated carbocycles. The van der Waals surface area contributed by atoms with E-state index in [-0.39, 0.29) is 7.05 Å². The van der Waals surface area contributed by atoms with Crippen LogP contribution < -0.4 is 0 Å². The van der Waals surface area contributed by atoms with Crippen molar-refractivity contribution in [2.45, 2.75) is 37.9 Å². The Morgan fingerprint density at radius 2 is 2.06 bits per heavy atom. The van der Waals surface area contributed by atoms with Crippen molar-refractivity contribution in [2.75, 3.05) is 13.1 Å². The first-order valence-corrected chi connectivity index (χ1v) is 6.56. The molecule has 92 valence electrons. The van der Waals surface area contributed by atoms with Crippen molar-refractivity contribution in [3.05, 3.63) is 17.5 Å². The Kier molecular flexibility index (Phi) is 2.56. The van der Waals surface area contributed by atoms with Gasteiger partial charge in [-0.25, -0.2) is 0 Å². The van der Waals surface area contributed by atoms with Crippen molar-refractivity contribution in [1.29, 1.82) is 0 Å². The van der Waals surface area contributed by atoms with Gasteiger partial charge in [-0.1, -0.05) is 0 Å². The van der Waals surface area contributed by atoms with Crippen LogP contribution in [0.15, 0.2) is 6.20 Å². The molecular weight excluding hydrogens is 213 g/mol. The highest BCUT2D eigenvalue weighted by molar-refractivity contribution is 6.45. The molecule has 2 heterocycles. The summed E-state index contributed by atoms with van der Waals surface area (Å²) in [6, 6.07) is 0. The van der Waals surface area contributed by atoms with Crippen LogP contribution in [0.4, 0.5) is 0 Å². The predicted octanol–water partition coefficient (Wildman–Crippen LogP) is 0.810. The van der Waals surface area contributed by atoms with Crippen LogP contribution >= 0.6 is 0 Å². The third-order valence-electron chi connectivity index (χ3n) is 4.60. The predicted molar refractivity (Wildman–Crippen MR) is 67.9 cm³/mol. The number of hydrogen-bond acceptors (Lipinski definition) is 3. The molecule has 1 aliphatic heterocycles. The van der Waals surface area contributed by atoms with E-state index in [9.17, 15) is 5.02 Å². The molecule has 1 aromatic rings. The second kappa shape index (κ2) is 3.85. The zero-order valence-corrected chi connectivity index (χ0v) is 10.7. The van der Waals surface area contributed by atoms with Gasteiger partial charge in [0.25, 0.3) is 0 Å². The number of aromatic nitrogens is 2. The summed E-state index contributed by atoms with van der Waals surface area (Å²) in [5, 5.41) is 14.2. The second-order valence-corrected chi connectivity index (χ2v) is 5.61. The Labute approximate surface area is 103 Å². The number of piperidine rings is 1. The van der Waals surface area contributed by atoms with E-state index in [1.807, 2.05) is 18.6 Å². The number of hydrogen-bond donors (Lipinski definition) is 1. The third kappa shape index (κ3) is 1.72. The fourth-order valence-electron chi connectivity index (χ4n) is 3.50. The standard InChI is InChI=1S/C12H20BN3O/c1-13(17)16-7-5-12(6-8-16)4-3-11-10(12)9-15(2)14-11/h9,17H,3-8H2,1-2H3. The molecule has 1 N–H and O–H groups in total. The molecule has 5 heteroatoms. The Bertz CT molecular complexity index is 421. The highest BCUT2D eigenvalue weighted by Crippen LogP contribution is 2.45. The molecule has 17 heavy (non-hydrogen) atoms. The summed E-state index contributed by atoms with van der Waals surface area (Å²) >= 11 is 0. The van der Waals surface area contributed by atoms with Gasteiger partial charge in [0, 0.05) is 18.7 Å². The van der Waals surface area contributed by atoms with Gasteiger partial charge in [-0.15, -0.1) is 0 Å². The zero-order chi connectivity index (χ0) is 12.0. The minimum atomic E-state index is -0.304. The van der Waals surface area contributed by atoms with E-state index in [1.165, 1.54) is 17.7 Å². The molecule has 0 unspecified atom stereocenters. The molecule has 1 fully saturated rings. The van der Waals surface area contributed by atoms with Gasteiger partial charge in [0.2, 0.25) is 0 Å². The van der Waals surface area contributed by atoms with Gasteiger partial charge in [0.15, 0.2) is 0 Å². The molecule has 1 aliphatic carbocycles. The molecule has 2 aliphatic rings. The van der Waals surface area contributed by atoms with E-state index in [0.29, 0.717) is 5.41 Å². The summed E-state index contributed by atoms with van der Waals surface area (Å²) in [6.07, 6.45) is 6.91. The van der Waals surface area contributed by atoms with Gasteiger partial charge < -0.3 is 9.83 Å². The number of fused-ring (bicyclic) bond motifs is 2. The topological polar surface area (TPSA) is 41.3 Å². The minimum Gasteiger partial charge on any atom is -0.437 e. The summed E-state index contributed by atoms with van der Waals surface area (Å²) in [6.45, 7) is 3.88. The zero-order valence-electron chi connectivity index (χ0n) is 10.7. The van der Waals surface area contributed by atoms with Gasteiger partial charge >= 0.3 is 7.05 Å². The lowest BCUT2D eigenvalue weighted by Gasteiger charge is -2.40. The highest BCUT2D eigenvalue weighted by Gasteiger charge is 2.43. The Hall–Kier alpha value is -0.805. The maximum atomic E-state index is 9.62. The molecule has 0 aromatic carbocycles. The molecule has 0 amide bonds. The number of aryl methyl sites for hydroxylation is 2. The second-order valence-electron chi connectivity index (χ2n) is 5.61. The van der Waals surface area contributed by atoms with E-state index in [0.717, 1.165) is 32.4 Å². The van der Waals surface area contributed by atoms with Gasteiger partial charge in [-0.05, 0) is 51.2 Å². The summed E-state index contributed by atoms with van der Waals surface area (Å²) in [4.78, 5) is 2.17. The Morgan fingerprint density at radius 1 is 1.35 bits per heavy atom. The lowest BCUT2D eigenvalue weighted by atomic mass is 9.71. The fourth-order valence-corrected chi connectivity index (χ4v) is 3.50. The molecule has 1 saturated heterocycles. The summed E-state index contributed by atoms with van der Waals surface area (Å²) in [5.41, 5.74) is 3.14. The van der Waals surface area contributed by atoms with E-state index in [1.54, 1.807) is 0 Å².